The lowest BCUT2D eigenvalue weighted by Gasteiger charge is -2.40. The number of carbonyl (C=O) groups excluding carboxylic acids is 1. The van der Waals surface area contributed by atoms with Gasteiger partial charge in [0.1, 0.15) is 23.8 Å². The number of pyridine rings is 1. The van der Waals surface area contributed by atoms with Crippen molar-refractivity contribution in [3.63, 3.8) is 0 Å². The molecule has 2 aromatic carbocycles. The second-order valence-corrected chi connectivity index (χ2v) is 13.8. The van der Waals surface area contributed by atoms with Crippen LogP contribution in [0.5, 0.6) is 11.6 Å². The lowest BCUT2D eigenvalue weighted by atomic mass is 9.80. The van der Waals surface area contributed by atoms with Crippen molar-refractivity contribution in [3.05, 3.63) is 75.9 Å². The van der Waals surface area contributed by atoms with E-state index in [-0.39, 0.29) is 42.8 Å². The molecule has 0 bridgehead atoms. The predicted molar refractivity (Wildman–Crippen MR) is 175 cm³/mol. The first-order chi connectivity index (χ1) is 23.4. The Morgan fingerprint density at radius 1 is 1.10 bits per heavy atom. The van der Waals surface area contributed by atoms with Crippen molar-refractivity contribution >= 4 is 23.7 Å². The molecule has 10 nitrogen and oxygen atoms in total. The summed E-state index contributed by atoms with van der Waals surface area (Å²) in [5.41, 5.74) is -2.28. The van der Waals surface area contributed by atoms with Gasteiger partial charge in [0.2, 0.25) is 0 Å². The van der Waals surface area contributed by atoms with Gasteiger partial charge in [-0.2, -0.15) is 0 Å². The molecule has 1 N–H and O–H groups in total. The van der Waals surface area contributed by atoms with E-state index in [1.54, 1.807) is 25.7 Å². The van der Waals surface area contributed by atoms with E-state index in [4.69, 9.17) is 35.3 Å². The Labute approximate surface area is 288 Å². The topological polar surface area (TPSA) is 117 Å². The second kappa shape index (κ2) is 14.1. The van der Waals surface area contributed by atoms with Crippen LogP contribution in [0.25, 0.3) is 11.1 Å². The number of carboxylic acids is 1. The van der Waals surface area contributed by atoms with Crippen LogP contribution in [0, 0.1) is 11.6 Å². The van der Waals surface area contributed by atoms with Crippen molar-refractivity contribution in [3.8, 4) is 22.8 Å². The van der Waals surface area contributed by atoms with E-state index < -0.39 is 63.0 Å². The molecule has 3 aliphatic rings. The maximum absolute atomic E-state index is 16.5. The van der Waals surface area contributed by atoms with Crippen LogP contribution in [0.2, 0.25) is 5.02 Å². The monoisotopic (exact) mass is 700 g/mol. The molecule has 1 amide bonds. The van der Waals surface area contributed by atoms with Crippen LogP contribution in [-0.2, 0) is 26.2 Å². The molecular weight excluding hydrogens is 662 g/mol. The molecule has 0 saturated carbocycles. The van der Waals surface area contributed by atoms with Crippen molar-refractivity contribution in [2.24, 2.45) is 0 Å². The van der Waals surface area contributed by atoms with Crippen molar-refractivity contribution in [2.45, 2.75) is 82.8 Å². The normalized spacial score (nSPS) is 22.0. The van der Waals surface area contributed by atoms with Crippen LogP contribution in [0.4, 0.5) is 13.6 Å². The Morgan fingerprint density at radius 3 is 2.57 bits per heavy atom. The van der Waals surface area contributed by atoms with Gasteiger partial charge in [0, 0.05) is 48.5 Å². The fourth-order valence-electron chi connectivity index (χ4n) is 6.85. The summed E-state index contributed by atoms with van der Waals surface area (Å²) in [6.07, 6.45) is 3.90. The molecule has 4 heterocycles. The second-order valence-electron chi connectivity index (χ2n) is 13.4. The zero-order chi connectivity index (χ0) is 34.9. The molecule has 0 aliphatic carbocycles. The van der Waals surface area contributed by atoms with Crippen LogP contribution in [0.3, 0.4) is 0 Å². The summed E-state index contributed by atoms with van der Waals surface area (Å²) in [6, 6.07) is 9.71. The number of halogens is 3. The maximum atomic E-state index is 16.5. The predicted octanol–water partition coefficient (Wildman–Crippen LogP) is 7.53. The summed E-state index contributed by atoms with van der Waals surface area (Å²) in [7, 11) is 0. The number of amides is 1. The number of carbonyl (C=O) groups is 2. The summed E-state index contributed by atoms with van der Waals surface area (Å²) >= 11 is 6.61. The number of hydrogen-bond acceptors (Lipinski definition) is 8. The summed E-state index contributed by atoms with van der Waals surface area (Å²) in [5.74, 6) is -4.02. The van der Waals surface area contributed by atoms with Crippen LogP contribution in [-0.4, -0.2) is 71.4 Å². The SMILES string of the molecule is CC(C)(C)OC(=O)N1CCC[C@H]1C1(c2ccccc2)Cc2c(cc(F)c(Cl)c2-c2c(C(=O)O)cnc(OCCOC3CCCCO3)c2F)O1. The minimum atomic E-state index is -1.50. The number of carboxylic acid groups (broad SMARTS) is 1. The molecule has 6 rings (SSSR count). The number of aromatic carboxylic acids is 1. The Balaban J connectivity index is 1.41. The first-order valence-electron chi connectivity index (χ1n) is 16.4. The van der Waals surface area contributed by atoms with Crippen LogP contribution >= 0.6 is 11.6 Å². The van der Waals surface area contributed by atoms with Gasteiger partial charge in [-0.05, 0) is 58.4 Å². The molecule has 3 aromatic rings. The zero-order valence-electron chi connectivity index (χ0n) is 27.6. The van der Waals surface area contributed by atoms with Crippen molar-refractivity contribution in [2.75, 3.05) is 26.4 Å². The van der Waals surface area contributed by atoms with Crippen LogP contribution in [0.15, 0.2) is 42.6 Å². The third-order valence-corrected chi connectivity index (χ3v) is 9.30. The van der Waals surface area contributed by atoms with E-state index in [1.165, 1.54) is 0 Å². The highest BCUT2D eigenvalue weighted by Gasteiger charge is 2.54. The van der Waals surface area contributed by atoms with Gasteiger partial charge in [0.15, 0.2) is 17.7 Å². The molecule has 49 heavy (non-hydrogen) atoms. The highest BCUT2D eigenvalue weighted by molar-refractivity contribution is 6.34. The van der Waals surface area contributed by atoms with E-state index in [0.717, 1.165) is 31.5 Å². The van der Waals surface area contributed by atoms with Gasteiger partial charge in [0.25, 0.3) is 5.88 Å². The number of ether oxygens (including phenoxy) is 5. The first kappa shape index (κ1) is 34.8. The maximum Gasteiger partial charge on any atom is 0.410 e. The minimum Gasteiger partial charge on any atom is -0.480 e. The quantitative estimate of drug-likeness (QED) is 0.226. The third kappa shape index (κ3) is 7.04. The molecule has 2 fully saturated rings. The van der Waals surface area contributed by atoms with Crippen molar-refractivity contribution < 1.29 is 47.2 Å². The number of nitrogens with zero attached hydrogens (tertiary/aromatic N) is 2. The van der Waals surface area contributed by atoms with E-state index in [9.17, 15) is 14.7 Å². The van der Waals surface area contributed by atoms with E-state index in [0.29, 0.717) is 31.6 Å². The highest BCUT2D eigenvalue weighted by atomic mass is 35.5. The molecule has 13 heteroatoms. The molecule has 262 valence electrons. The molecule has 3 atom stereocenters. The Kier molecular flexibility index (Phi) is 10.0. The van der Waals surface area contributed by atoms with Gasteiger partial charge in [-0.1, -0.05) is 41.9 Å². The lowest BCUT2D eigenvalue weighted by Crippen LogP contribution is -2.53. The Bertz CT molecular complexity index is 1710. The number of likely N-dealkylation sites (tertiary alicyclic amines) is 1. The Hall–Kier alpha value is -4.00. The molecule has 2 unspecified atom stereocenters. The average Bonchev–Trinajstić information content (AvgIpc) is 3.71. The number of fused-ring (bicyclic) bond motifs is 1. The van der Waals surface area contributed by atoms with Gasteiger partial charge in [-0.15, -0.1) is 0 Å². The van der Waals surface area contributed by atoms with Gasteiger partial charge in [-0.3, -0.25) is 0 Å². The standard InChI is InChI=1S/C36H39ClF2N2O8/c1-35(2,3)49-34(44)41-14-9-12-26(41)36(21-10-5-4-6-11-21)19-22-25(48-36)18-24(38)30(37)28(22)29-23(33(42)43)20-40-32(31(29)39)47-17-16-46-27-13-7-8-15-45-27/h4-6,10-11,18,20,26-27H,7-9,12-17,19H2,1-3H3,(H,42,43)/t26-,27?,36?/m0/s1. The number of hydrogen-bond donors (Lipinski definition) is 1. The molecule has 2 saturated heterocycles. The van der Waals surface area contributed by atoms with Crippen molar-refractivity contribution in [1.29, 1.82) is 0 Å². The average molecular weight is 701 g/mol. The molecule has 0 spiro atoms. The van der Waals surface area contributed by atoms with Crippen LogP contribution in [0.1, 0.15) is 74.4 Å². The minimum absolute atomic E-state index is 0.0118. The van der Waals surface area contributed by atoms with Gasteiger partial charge in [0.05, 0.1) is 23.2 Å². The van der Waals surface area contributed by atoms with E-state index >= 15 is 8.78 Å². The summed E-state index contributed by atoms with van der Waals surface area (Å²) in [5, 5.41) is 9.66. The van der Waals surface area contributed by atoms with Gasteiger partial charge in [-0.25, -0.2) is 23.4 Å². The van der Waals surface area contributed by atoms with Gasteiger partial charge < -0.3 is 33.7 Å². The summed E-state index contributed by atoms with van der Waals surface area (Å²) in [4.78, 5) is 31.5. The zero-order valence-corrected chi connectivity index (χ0v) is 28.4. The number of benzene rings is 2. The molecular formula is C36H39ClF2N2O8. The third-order valence-electron chi connectivity index (χ3n) is 8.93. The molecule has 1 aromatic heterocycles. The Morgan fingerprint density at radius 2 is 1.88 bits per heavy atom. The lowest BCUT2D eigenvalue weighted by molar-refractivity contribution is -0.165. The number of rotatable bonds is 9. The smallest absolute Gasteiger partial charge is 0.410 e. The van der Waals surface area contributed by atoms with Gasteiger partial charge >= 0.3 is 12.1 Å². The van der Waals surface area contributed by atoms with E-state index in [1.807, 2.05) is 30.3 Å². The summed E-state index contributed by atoms with van der Waals surface area (Å²) in [6.45, 7) is 6.29. The van der Waals surface area contributed by atoms with Crippen LogP contribution < -0.4 is 9.47 Å². The van der Waals surface area contributed by atoms with Crippen molar-refractivity contribution in [1.82, 2.24) is 9.88 Å². The fourth-order valence-corrected chi connectivity index (χ4v) is 7.11. The highest BCUT2D eigenvalue weighted by Crippen LogP contribution is 2.53. The molecule has 0 radical (unpaired) electrons. The first-order valence-corrected chi connectivity index (χ1v) is 16.8. The largest absolute Gasteiger partial charge is 0.480 e. The summed E-state index contributed by atoms with van der Waals surface area (Å²) < 4.78 is 61.4. The van der Waals surface area contributed by atoms with E-state index in [2.05, 4.69) is 4.98 Å². The molecule has 3 aliphatic heterocycles. The number of aromatic nitrogens is 1. The fraction of sp³-hybridized carbons (Fsp3) is 0.472.